The van der Waals surface area contributed by atoms with E-state index in [9.17, 15) is 29.2 Å². The molecule has 4 N–H and O–H groups in total. The predicted molar refractivity (Wildman–Crippen MR) is 211 cm³/mol. The van der Waals surface area contributed by atoms with Gasteiger partial charge in [0.05, 0.1) is 40.1 Å². The Morgan fingerprint density at radius 3 is 2.47 bits per heavy atom. The van der Waals surface area contributed by atoms with Gasteiger partial charge in [0.25, 0.3) is 17.4 Å². The molecule has 0 bridgehead atoms. The van der Waals surface area contributed by atoms with Crippen LogP contribution in [-0.2, 0) is 20.8 Å². The van der Waals surface area contributed by atoms with Crippen LogP contribution in [0.2, 0.25) is 5.02 Å². The van der Waals surface area contributed by atoms with Crippen molar-refractivity contribution in [2.24, 2.45) is 10.8 Å². The SMILES string of the molecule is CC1(C)[C@H](NC(=O)c2ccc(-n3cc(CCNC(=O)CNc4ccc5nnn(C6CCC(=O)NC6=O)c(=O)c5c4)nn3)cc2)C(C)(C)[C@H]1Oc1ccc(C#N)c(Cl)c1. The number of fused-ring (bicyclic) bond motifs is 1. The molecule has 298 valence electrons. The van der Waals surface area contributed by atoms with Crippen molar-refractivity contribution >= 4 is 51.8 Å². The first-order valence-electron chi connectivity index (χ1n) is 18.6. The van der Waals surface area contributed by atoms with Gasteiger partial charge < -0.3 is 20.7 Å². The number of nitrogens with zero attached hydrogens (tertiary/aromatic N) is 7. The number of rotatable bonds is 12. The molecule has 18 heteroatoms. The molecule has 1 saturated carbocycles. The number of piperidine rings is 1. The van der Waals surface area contributed by atoms with Crippen LogP contribution in [0.5, 0.6) is 5.75 Å². The zero-order valence-electron chi connectivity index (χ0n) is 32.1. The van der Waals surface area contributed by atoms with Crippen LogP contribution in [0.3, 0.4) is 0 Å². The van der Waals surface area contributed by atoms with Crippen molar-refractivity contribution in [1.29, 1.82) is 5.26 Å². The standard InChI is InChI=1S/C40H40ClN11O6/c1-39(2)37(40(3,4)38(39)58-27-11-7-23(19-42)29(41)18-27)46-34(55)22-5-9-26(10-6-22)51-21-25(47-49-51)15-16-43-33(54)20-44-24-8-12-30-28(17-24)36(57)52(50-48-30)31-13-14-32(53)45-35(31)56/h5-12,17-18,21,31,37-38,44H,13-16,20H2,1-4H3,(H,43,54)(H,46,55)(H,45,53,56)/t31?,37-,38-. The Balaban J connectivity index is 0.883. The summed E-state index contributed by atoms with van der Waals surface area (Å²) < 4.78 is 8.91. The first-order valence-corrected chi connectivity index (χ1v) is 19.0. The number of anilines is 1. The topological polar surface area (TPSA) is 228 Å². The van der Waals surface area contributed by atoms with Gasteiger partial charge in [0.1, 0.15) is 29.5 Å². The lowest BCUT2D eigenvalue weighted by Gasteiger charge is -2.63. The second-order valence-corrected chi connectivity index (χ2v) is 15.9. The maximum absolute atomic E-state index is 13.4. The molecule has 5 aromatic rings. The second kappa shape index (κ2) is 15.7. The number of hydrogen-bond acceptors (Lipinski definition) is 12. The fourth-order valence-electron chi connectivity index (χ4n) is 7.97. The molecule has 2 fully saturated rings. The third kappa shape index (κ3) is 7.83. The zero-order chi connectivity index (χ0) is 41.4. The Morgan fingerprint density at radius 2 is 1.76 bits per heavy atom. The first-order chi connectivity index (χ1) is 27.6. The van der Waals surface area contributed by atoms with Crippen LogP contribution in [0, 0.1) is 22.2 Å². The molecule has 1 aliphatic heterocycles. The fraction of sp³-hybridized carbons (Fsp3) is 0.350. The highest BCUT2D eigenvalue weighted by molar-refractivity contribution is 6.31. The van der Waals surface area contributed by atoms with Crippen LogP contribution in [0.4, 0.5) is 5.69 Å². The highest BCUT2D eigenvalue weighted by Crippen LogP contribution is 2.55. The van der Waals surface area contributed by atoms with Gasteiger partial charge in [-0.3, -0.25) is 29.3 Å². The lowest BCUT2D eigenvalue weighted by Crippen LogP contribution is -2.74. The summed E-state index contributed by atoms with van der Waals surface area (Å²) in [6, 6.07) is 17.7. The van der Waals surface area contributed by atoms with Gasteiger partial charge in [-0.2, -0.15) is 9.94 Å². The van der Waals surface area contributed by atoms with Gasteiger partial charge in [-0.25, -0.2) is 4.68 Å². The summed E-state index contributed by atoms with van der Waals surface area (Å²) in [5.41, 5.74) is 1.67. The number of halogens is 1. The number of nitriles is 1. The van der Waals surface area contributed by atoms with E-state index in [4.69, 9.17) is 16.3 Å². The molecule has 0 radical (unpaired) electrons. The van der Waals surface area contributed by atoms with E-state index in [1.807, 2.05) is 33.8 Å². The van der Waals surface area contributed by atoms with E-state index in [1.165, 1.54) is 6.07 Å². The molecule has 2 aromatic heterocycles. The lowest BCUT2D eigenvalue weighted by atomic mass is 9.49. The van der Waals surface area contributed by atoms with Gasteiger partial charge >= 0.3 is 0 Å². The average Bonchev–Trinajstić information content (AvgIpc) is 3.67. The van der Waals surface area contributed by atoms with Crippen molar-refractivity contribution in [2.75, 3.05) is 18.4 Å². The monoisotopic (exact) mass is 805 g/mol. The molecule has 1 unspecified atom stereocenters. The largest absolute Gasteiger partial charge is 0.489 e. The number of hydrogen-bond donors (Lipinski definition) is 4. The number of carbonyl (C=O) groups is 4. The third-order valence-corrected chi connectivity index (χ3v) is 11.0. The van der Waals surface area contributed by atoms with Crippen molar-refractivity contribution in [3.63, 3.8) is 0 Å². The van der Waals surface area contributed by atoms with Gasteiger partial charge in [0, 0.05) is 53.6 Å². The minimum absolute atomic E-state index is 0.0734. The minimum Gasteiger partial charge on any atom is -0.489 e. The number of ether oxygens (including phenoxy) is 1. The van der Waals surface area contributed by atoms with Crippen molar-refractivity contribution in [1.82, 2.24) is 45.9 Å². The van der Waals surface area contributed by atoms with Gasteiger partial charge in [0.2, 0.25) is 11.8 Å². The predicted octanol–water partition coefficient (Wildman–Crippen LogP) is 3.26. The van der Waals surface area contributed by atoms with Crippen molar-refractivity contribution < 1.29 is 23.9 Å². The van der Waals surface area contributed by atoms with Gasteiger partial charge in [-0.1, -0.05) is 49.7 Å². The van der Waals surface area contributed by atoms with E-state index in [1.54, 1.807) is 65.5 Å². The van der Waals surface area contributed by atoms with Crippen LogP contribution in [0.15, 0.2) is 71.7 Å². The Kier molecular flexibility index (Phi) is 10.7. The van der Waals surface area contributed by atoms with Crippen LogP contribution in [0.1, 0.15) is 68.2 Å². The molecular formula is C40H40ClN11O6. The number of amides is 4. The van der Waals surface area contributed by atoms with Crippen molar-refractivity contribution in [2.45, 2.75) is 65.1 Å². The highest BCUT2D eigenvalue weighted by atomic mass is 35.5. The summed E-state index contributed by atoms with van der Waals surface area (Å²) in [4.78, 5) is 63.0. The molecule has 7 rings (SSSR count). The maximum atomic E-state index is 13.4. The molecule has 1 saturated heterocycles. The van der Waals surface area contributed by atoms with Crippen LogP contribution >= 0.6 is 11.6 Å². The van der Waals surface area contributed by atoms with Crippen LogP contribution < -0.4 is 31.6 Å². The smallest absolute Gasteiger partial charge is 0.278 e. The van der Waals surface area contributed by atoms with Crippen molar-refractivity contribution in [3.8, 4) is 17.5 Å². The molecule has 0 spiro atoms. The third-order valence-electron chi connectivity index (χ3n) is 10.7. The maximum Gasteiger partial charge on any atom is 0.278 e. The van der Waals surface area contributed by atoms with Crippen molar-refractivity contribution in [3.05, 3.63) is 99.1 Å². The average molecular weight is 806 g/mol. The highest BCUT2D eigenvalue weighted by Gasteiger charge is 2.64. The van der Waals surface area contributed by atoms with E-state index in [-0.39, 0.29) is 48.7 Å². The van der Waals surface area contributed by atoms with E-state index >= 15 is 0 Å². The lowest BCUT2D eigenvalue weighted by molar-refractivity contribution is -0.164. The number of imide groups is 1. The van der Waals surface area contributed by atoms with Crippen LogP contribution in [0.25, 0.3) is 16.6 Å². The normalized spacial score (nSPS) is 19.3. The Labute approximate surface area is 337 Å². The number of nitrogens with one attached hydrogen (secondary N) is 4. The van der Waals surface area contributed by atoms with Gasteiger partial charge in [-0.05, 0) is 61.0 Å². The van der Waals surface area contributed by atoms with Gasteiger partial charge in [-0.15, -0.1) is 10.2 Å². The van der Waals surface area contributed by atoms with Crippen LogP contribution in [-0.4, -0.2) is 78.9 Å². The summed E-state index contributed by atoms with van der Waals surface area (Å²) in [6.07, 6.45) is 2.17. The van der Waals surface area contributed by atoms with E-state index in [0.717, 1.165) is 4.68 Å². The molecule has 2 aliphatic rings. The number of benzene rings is 3. The summed E-state index contributed by atoms with van der Waals surface area (Å²) in [5, 5.41) is 37.3. The minimum atomic E-state index is -0.941. The Morgan fingerprint density at radius 1 is 1.00 bits per heavy atom. The molecule has 3 aromatic carbocycles. The summed E-state index contributed by atoms with van der Waals surface area (Å²) in [5.74, 6) is -0.954. The Bertz CT molecular complexity index is 2530. The molecule has 4 amide bonds. The van der Waals surface area contributed by atoms with Gasteiger partial charge in [0.15, 0.2) is 0 Å². The summed E-state index contributed by atoms with van der Waals surface area (Å²) in [6.45, 7) is 8.40. The molecule has 1 atom stereocenters. The summed E-state index contributed by atoms with van der Waals surface area (Å²) in [7, 11) is 0. The van der Waals surface area contributed by atoms with E-state index in [2.05, 4.69) is 41.9 Å². The van der Waals surface area contributed by atoms with E-state index in [0.29, 0.717) is 57.5 Å². The second-order valence-electron chi connectivity index (χ2n) is 15.5. The molecule has 58 heavy (non-hydrogen) atoms. The fourth-order valence-corrected chi connectivity index (χ4v) is 8.19. The van der Waals surface area contributed by atoms with E-state index < -0.39 is 34.2 Å². The molecule has 17 nitrogen and oxygen atoms in total. The molecule has 3 heterocycles. The first kappa shape index (κ1) is 39.6. The zero-order valence-corrected chi connectivity index (χ0v) is 32.8. The summed E-state index contributed by atoms with van der Waals surface area (Å²) >= 11 is 6.22. The molecule has 1 aliphatic carbocycles. The quantitative estimate of drug-likeness (QED) is 0.133. The molecular weight excluding hydrogens is 766 g/mol. The Hall–Kier alpha value is -6.67. The number of aromatic nitrogens is 6. The number of carbonyl (C=O) groups excluding carboxylic acids is 4.